The zero-order valence-electron chi connectivity index (χ0n) is 9.32. The number of aryl methyl sites for hydroxylation is 1. The summed E-state index contributed by atoms with van der Waals surface area (Å²) in [5.74, 6) is -0.167. The highest BCUT2D eigenvalue weighted by Crippen LogP contribution is 2.20. The molecule has 1 unspecified atom stereocenters. The highest BCUT2D eigenvalue weighted by Gasteiger charge is 2.38. The van der Waals surface area contributed by atoms with E-state index in [1.165, 1.54) is 0 Å². The summed E-state index contributed by atoms with van der Waals surface area (Å²) in [6, 6.07) is 7.63. The third-order valence-electron chi connectivity index (χ3n) is 2.90. The van der Waals surface area contributed by atoms with Crippen molar-refractivity contribution in [3.05, 3.63) is 29.8 Å². The molecule has 0 spiro atoms. The topological polar surface area (TPSA) is 64.4 Å². The number of rotatable bonds is 2. The normalized spacial score (nSPS) is 24.4. The molecule has 1 heterocycles. The summed E-state index contributed by atoms with van der Waals surface area (Å²) >= 11 is 0. The van der Waals surface area contributed by atoms with Crippen LogP contribution in [0.5, 0.6) is 0 Å². The SMILES string of the molecule is Cc1ccccc1NC(=O)C1(N)CCOC1. The van der Waals surface area contributed by atoms with Crippen molar-refractivity contribution in [2.45, 2.75) is 18.9 Å². The third kappa shape index (κ3) is 2.08. The molecule has 3 N–H and O–H groups in total. The second-order valence-corrected chi connectivity index (χ2v) is 4.23. The van der Waals surface area contributed by atoms with E-state index in [-0.39, 0.29) is 5.91 Å². The maximum atomic E-state index is 12.0. The lowest BCUT2D eigenvalue weighted by Gasteiger charge is -2.21. The fourth-order valence-corrected chi connectivity index (χ4v) is 1.72. The Morgan fingerprint density at radius 3 is 2.88 bits per heavy atom. The summed E-state index contributed by atoms with van der Waals surface area (Å²) in [7, 11) is 0. The van der Waals surface area contributed by atoms with E-state index < -0.39 is 5.54 Å². The molecule has 4 heteroatoms. The molecule has 0 aliphatic carbocycles. The molecule has 0 saturated carbocycles. The number of anilines is 1. The summed E-state index contributed by atoms with van der Waals surface area (Å²) in [5.41, 5.74) is 6.93. The first-order valence-electron chi connectivity index (χ1n) is 5.35. The van der Waals surface area contributed by atoms with Gasteiger partial charge < -0.3 is 15.8 Å². The first kappa shape index (κ1) is 11.1. The van der Waals surface area contributed by atoms with Crippen LogP contribution < -0.4 is 11.1 Å². The van der Waals surface area contributed by atoms with Gasteiger partial charge in [-0.2, -0.15) is 0 Å². The van der Waals surface area contributed by atoms with Crippen molar-refractivity contribution in [2.75, 3.05) is 18.5 Å². The van der Waals surface area contributed by atoms with Crippen LogP contribution in [0, 0.1) is 6.92 Å². The molecule has 1 fully saturated rings. The highest BCUT2D eigenvalue weighted by atomic mass is 16.5. The van der Waals surface area contributed by atoms with Gasteiger partial charge in [-0.1, -0.05) is 18.2 Å². The lowest BCUT2D eigenvalue weighted by molar-refractivity contribution is -0.121. The van der Waals surface area contributed by atoms with E-state index in [2.05, 4.69) is 5.32 Å². The standard InChI is InChI=1S/C12H16N2O2/c1-9-4-2-3-5-10(9)14-11(15)12(13)6-7-16-8-12/h2-5H,6-8,13H2,1H3,(H,14,15). The minimum Gasteiger partial charge on any atom is -0.379 e. The van der Waals surface area contributed by atoms with Gasteiger partial charge in [-0.3, -0.25) is 4.79 Å². The van der Waals surface area contributed by atoms with Crippen molar-refractivity contribution in [2.24, 2.45) is 5.73 Å². The van der Waals surface area contributed by atoms with Crippen LogP contribution in [0.3, 0.4) is 0 Å². The maximum Gasteiger partial charge on any atom is 0.246 e. The molecule has 1 amide bonds. The first-order valence-corrected chi connectivity index (χ1v) is 5.35. The Bertz CT molecular complexity index is 398. The van der Waals surface area contributed by atoms with Crippen molar-refractivity contribution in [1.82, 2.24) is 0 Å². The highest BCUT2D eigenvalue weighted by molar-refractivity contribution is 5.98. The number of carbonyl (C=O) groups is 1. The number of amides is 1. The van der Waals surface area contributed by atoms with Crippen LogP contribution in [-0.2, 0) is 9.53 Å². The van der Waals surface area contributed by atoms with Gasteiger partial charge in [0.25, 0.3) is 0 Å². The molecule has 4 nitrogen and oxygen atoms in total. The predicted molar refractivity (Wildman–Crippen MR) is 62.2 cm³/mol. The van der Waals surface area contributed by atoms with Crippen molar-refractivity contribution in [3.8, 4) is 0 Å². The molecule has 1 atom stereocenters. The van der Waals surface area contributed by atoms with E-state index in [4.69, 9.17) is 10.5 Å². The van der Waals surface area contributed by atoms with Gasteiger partial charge in [-0.05, 0) is 25.0 Å². The van der Waals surface area contributed by atoms with E-state index in [9.17, 15) is 4.79 Å². The number of para-hydroxylation sites is 1. The van der Waals surface area contributed by atoms with Crippen molar-refractivity contribution < 1.29 is 9.53 Å². The summed E-state index contributed by atoms with van der Waals surface area (Å²) < 4.78 is 5.16. The summed E-state index contributed by atoms with van der Waals surface area (Å²) in [5, 5.41) is 2.85. The molecule has 0 aromatic heterocycles. The molecule has 2 rings (SSSR count). The van der Waals surface area contributed by atoms with Gasteiger partial charge in [-0.25, -0.2) is 0 Å². The smallest absolute Gasteiger partial charge is 0.246 e. The zero-order valence-corrected chi connectivity index (χ0v) is 9.32. The van der Waals surface area contributed by atoms with E-state index in [1.54, 1.807) is 0 Å². The lowest BCUT2D eigenvalue weighted by Crippen LogP contribution is -2.51. The van der Waals surface area contributed by atoms with Gasteiger partial charge in [0.05, 0.1) is 6.61 Å². The molecule has 1 aliphatic rings. The van der Waals surface area contributed by atoms with Gasteiger partial charge in [0.15, 0.2) is 0 Å². The van der Waals surface area contributed by atoms with Crippen LogP contribution in [0.25, 0.3) is 0 Å². The van der Waals surface area contributed by atoms with Crippen LogP contribution in [0.2, 0.25) is 0 Å². The Hall–Kier alpha value is -1.39. The van der Waals surface area contributed by atoms with Crippen molar-refractivity contribution in [3.63, 3.8) is 0 Å². The molecular formula is C12H16N2O2. The number of hydrogen-bond donors (Lipinski definition) is 2. The molecule has 0 bridgehead atoms. The van der Waals surface area contributed by atoms with E-state index in [1.807, 2.05) is 31.2 Å². The Morgan fingerprint density at radius 1 is 1.50 bits per heavy atom. The predicted octanol–water partition coefficient (Wildman–Crippen LogP) is 1.05. The van der Waals surface area contributed by atoms with E-state index >= 15 is 0 Å². The number of hydrogen-bond acceptors (Lipinski definition) is 3. The number of benzene rings is 1. The molecule has 0 radical (unpaired) electrons. The van der Waals surface area contributed by atoms with Crippen LogP contribution in [-0.4, -0.2) is 24.7 Å². The van der Waals surface area contributed by atoms with E-state index in [0.717, 1.165) is 11.3 Å². The van der Waals surface area contributed by atoms with Crippen molar-refractivity contribution >= 4 is 11.6 Å². The minimum absolute atomic E-state index is 0.167. The quantitative estimate of drug-likeness (QED) is 0.783. The van der Waals surface area contributed by atoms with Crippen LogP contribution in [0.4, 0.5) is 5.69 Å². The monoisotopic (exact) mass is 220 g/mol. The summed E-state index contributed by atoms with van der Waals surface area (Å²) in [4.78, 5) is 12.0. The molecule has 86 valence electrons. The summed E-state index contributed by atoms with van der Waals surface area (Å²) in [6.07, 6.45) is 0.574. The van der Waals surface area contributed by atoms with Crippen LogP contribution in [0.15, 0.2) is 24.3 Å². The largest absolute Gasteiger partial charge is 0.379 e. The van der Waals surface area contributed by atoms with Gasteiger partial charge in [0, 0.05) is 12.3 Å². The Kier molecular flexibility index (Phi) is 2.94. The van der Waals surface area contributed by atoms with Gasteiger partial charge in [0.1, 0.15) is 5.54 Å². The van der Waals surface area contributed by atoms with Gasteiger partial charge in [0.2, 0.25) is 5.91 Å². The van der Waals surface area contributed by atoms with Crippen molar-refractivity contribution in [1.29, 1.82) is 0 Å². The Balaban J connectivity index is 2.10. The van der Waals surface area contributed by atoms with E-state index in [0.29, 0.717) is 19.6 Å². The Labute approximate surface area is 94.8 Å². The average Bonchev–Trinajstić information content (AvgIpc) is 2.70. The second kappa shape index (κ2) is 4.23. The second-order valence-electron chi connectivity index (χ2n) is 4.23. The molecule has 16 heavy (non-hydrogen) atoms. The maximum absolute atomic E-state index is 12.0. The van der Waals surface area contributed by atoms with Gasteiger partial charge >= 0.3 is 0 Å². The zero-order chi connectivity index (χ0) is 11.6. The molecular weight excluding hydrogens is 204 g/mol. The fraction of sp³-hybridized carbons (Fsp3) is 0.417. The average molecular weight is 220 g/mol. The van der Waals surface area contributed by atoms with Crippen LogP contribution >= 0.6 is 0 Å². The number of nitrogens with two attached hydrogens (primary N) is 1. The molecule has 1 saturated heterocycles. The minimum atomic E-state index is -0.873. The lowest BCUT2D eigenvalue weighted by atomic mass is 9.99. The molecule has 1 aromatic carbocycles. The number of ether oxygens (including phenoxy) is 1. The summed E-state index contributed by atoms with van der Waals surface area (Å²) in [6.45, 7) is 2.80. The van der Waals surface area contributed by atoms with Crippen LogP contribution in [0.1, 0.15) is 12.0 Å². The third-order valence-corrected chi connectivity index (χ3v) is 2.90. The number of nitrogens with one attached hydrogen (secondary N) is 1. The molecule has 1 aliphatic heterocycles. The number of carbonyl (C=O) groups excluding carboxylic acids is 1. The Morgan fingerprint density at radius 2 is 2.25 bits per heavy atom. The first-order chi connectivity index (χ1) is 7.62. The molecule has 1 aromatic rings. The van der Waals surface area contributed by atoms with Gasteiger partial charge in [-0.15, -0.1) is 0 Å². The fourth-order valence-electron chi connectivity index (χ4n) is 1.72.